The maximum absolute atomic E-state index is 12.9. The van der Waals surface area contributed by atoms with Gasteiger partial charge in [0, 0.05) is 32.2 Å². The summed E-state index contributed by atoms with van der Waals surface area (Å²) < 4.78 is 38.8. The van der Waals surface area contributed by atoms with Crippen LogP contribution in [0.1, 0.15) is 30.5 Å². The molecule has 2 rings (SSSR count). The minimum atomic E-state index is -4.41. The Labute approximate surface area is 134 Å². The Hall–Kier alpha value is -0.490. The van der Waals surface area contributed by atoms with Gasteiger partial charge in [-0.15, -0.1) is 12.4 Å². The summed E-state index contributed by atoms with van der Waals surface area (Å²) in [5.74, 6) is 0. The molecule has 0 unspecified atom stereocenters. The van der Waals surface area contributed by atoms with E-state index in [4.69, 9.17) is 11.6 Å². The average Bonchev–Trinajstić information content (AvgIpc) is 2.41. The maximum atomic E-state index is 12.9. The fraction of sp³-hybridized carbons (Fsp3) is 0.571. The van der Waals surface area contributed by atoms with Gasteiger partial charge in [-0.05, 0) is 24.1 Å². The lowest BCUT2D eigenvalue weighted by atomic mass is 9.99. The first-order chi connectivity index (χ1) is 9.43. The van der Waals surface area contributed by atoms with Crippen molar-refractivity contribution in [3.63, 3.8) is 0 Å². The van der Waals surface area contributed by atoms with Crippen molar-refractivity contribution in [1.82, 2.24) is 10.2 Å². The number of nitrogens with zero attached hydrogens (tertiary/aromatic N) is 1. The number of rotatable bonds is 3. The number of hydrogen-bond donors (Lipinski definition) is 1. The molecule has 1 atom stereocenters. The van der Waals surface area contributed by atoms with Crippen LogP contribution in [0.4, 0.5) is 13.2 Å². The minimum Gasteiger partial charge on any atom is -0.314 e. The molecule has 1 aliphatic heterocycles. The molecular formula is C14H19Cl2F3N2. The Morgan fingerprint density at radius 2 is 1.90 bits per heavy atom. The van der Waals surface area contributed by atoms with Crippen LogP contribution < -0.4 is 5.32 Å². The molecule has 1 N–H and O–H groups in total. The second-order valence-corrected chi connectivity index (χ2v) is 5.35. The molecule has 1 heterocycles. The van der Waals surface area contributed by atoms with Crippen molar-refractivity contribution in [2.45, 2.75) is 25.6 Å². The molecule has 21 heavy (non-hydrogen) atoms. The predicted molar refractivity (Wildman–Crippen MR) is 81.2 cm³/mol. The van der Waals surface area contributed by atoms with E-state index in [1.807, 2.05) is 6.92 Å². The zero-order chi connectivity index (χ0) is 14.8. The highest BCUT2D eigenvalue weighted by Crippen LogP contribution is 2.37. The second kappa shape index (κ2) is 7.68. The molecule has 0 aliphatic carbocycles. The lowest BCUT2D eigenvalue weighted by Crippen LogP contribution is -2.45. The molecule has 1 aliphatic rings. The molecular weight excluding hydrogens is 324 g/mol. The van der Waals surface area contributed by atoms with Crippen LogP contribution in [0.3, 0.4) is 0 Å². The molecule has 1 saturated heterocycles. The third-order valence-electron chi connectivity index (χ3n) is 3.66. The summed E-state index contributed by atoms with van der Waals surface area (Å²) in [6.07, 6.45) is -3.63. The Balaban J connectivity index is 0.00000220. The van der Waals surface area contributed by atoms with Gasteiger partial charge in [-0.3, -0.25) is 4.90 Å². The van der Waals surface area contributed by atoms with Gasteiger partial charge >= 0.3 is 6.18 Å². The third kappa shape index (κ3) is 4.49. The first-order valence-electron chi connectivity index (χ1n) is 6.75. The molecule has 0 radical (unpaired) electrons. The first-order valence-corrected chi connectivity index (χ1v) is 7.12. The van der Waals surface area contributed by atoms with Crippen molar-refractivity contribution in [3.05, 3.63) is 34.3 Å². The van der Waals surface area contributed by atoms with Gasteiger partial charge in [-0.2, -0.15) is 13.2 Å². The van der Waals surface area contributed by atoms with Crippen molar-refractivity contribution in [3.8, 4) is 0 Å². The number of halogens is 5. The fourth-order valence-corrected chi connectivity index (χ4v) is 2.89. The molecule has 120 valence electrons. The second-order valence-electron chi connectivity index (χ2n) is 4.95. The van der Waals surface area contributed by atoms with Crippen LogP contribution in [0.25, 0.3) is 0 Å². The maximum Gasteiger partial charge on any atom is 0.417 e. The van der Waals surface area contributed by atoms with Gasteiger partial charge in [-0.1, -0.05) is 24.6 Å². The summed E-state index contributed by atoms with van der Waals surface area (Å²) >= 11 is 5.67. The van der Waals surface area contributed by atoms with E-state index in [2.05, 4.69) is 10.2 Å². The highest BCUT2D eigenvalue weighted by molar-refractivity contribution is 6.31. The molecule has 7 heteroatoms. The number of alkyl halides is 3. The van der Waals surface area contributed by atoms with Crippen molar-refractivity contribution in [2.75, 3.05) is 26.2 Å². The molecule has 0 bridgehead atoms. The quantitative estimate of drug-likeness (QED) is 0.888. The van der Waals surface area contributed by atoms with E-state index in [-0.39, 0.29) is 23.5 Å². The minimum absolute atomic E-state index is 0. The van der Waals surface area contributed by atoms with Crippen LogP contribution in [-0.4, -0.2) is 31.1 Å². The molecule has 2 nitrogen and oxygen atoms in total. The number of piperazine rings is 1. The summed E-state index contributed by atoms with van der Waals surface area (Å²) in [6, 6.07) is 4.26. The normalized spacial score (nSPS) is 18.1. The van der Waals surface area contributed by atoms with Crippen LogP contribution in [0.15, 0.2) is 18.2 Å². The van der Waals surface area contributed by atoms with Crippen LogP contribution in [0.2, 0.25) is 5.02 Å². The summed E-state index contributed by atoms with van der Waals surface area (Å²) in [6.45, 7) is 5.44. The lowest BCUT2D eigenvalue weighted by Gasteiger charge is -2.35. The van der Waals surface area contributed by atoms with Gasteiger partial charge in [0.25, 0.3) is 0 Å². The molecule has 1 aromatic rings. The standard InChI is InChI=1S/C14H18ClF3N2.ClH/c1-2-13(20-7-5-19-6-8-20)10-3-4-12(15)11(9-10)14(16,17)18;/h3-4,9,13,19H,2,5-8H2,1H3;1H/t13-;/m0./s1. The fourth-order valence-electron chi connectivity index (χ4n) is 2.67. The zero-order valence-electron chi connectivity index (χ0n) is 11.7. The number of hydrogen-bond acceptors (Lipinski definition) is 2. The van der Waals surface area contributed by atoms with Gasteiger partial charge in [0.2, 0.25) is 0 Å². The first kappa shape index (κ1) is 18.6. The van der Waals surface area contributed by atoms with Gasteiger partial charge in [0.15, 0.2) is 0 Å². The van der Waals surface area contributed by atoms with Gasteiger partial charge < -0.3 is 5.32 Å². The van der Waals surface area contributed by atoms with E-state index in [0.717, 1.165) is 32.6 Å². The van der Waals surface area contributed by atoms with Crippen molar-refractivity contribution >= 4 is 24.0 Å². The van der Waals surface area contributed by atoms with Crippen LogP contribution in [0, 0.1) is 0 Å². The molecule has 0 spiro atoms. The van der Waals surface area contributed by atoms with E-state index < -0.39 is 11.7 Å². The largest absolute Gasteiger partial charge is 0.417 e. The van der Waals surface area contributed by atoms with E-state index in [0.29, 0.717) is 5.56 Å². The molecule has 0 saturated carbocycles. The Kier molecular flexibility index (Phi) is 6.78. The molecule has 1 fully saturated rings. The van der Waals surface area contributed by atoms with Gasteiger partial charge in [0.05, 0.1) is 10.6 Å². The molecule has 1 aromatic carbocycles. The van der Waals surface area contributed by atoms with E-state index in [1.54, 1.807) is 6.07 Å². The van der Waals surface area contributed by atoms with Crippen molar-refractivity contribution in [1.29, 1.82) is 0 Å². The SMILES string of the molecule is CC[C@@H](c1ccc(Cl)c(C(F)(F)F)c1)N1CCNCC1.Cl. The van der Waals surface area contributed by atoms with E-state index in [9.17, 15) is 13.2 Å². The smallest absolute Gasteiger partial charge is 0.314 e. The topological polar surface area (TPSA) is 15.3 Å². The van der Waals surface area contributed by atoms with Crippen molar-refractivity contribution in [2.24, 2.45) is 0 Å². The average molecular weight is 343 g/mol. The lowest BCUT2D eigenvalue weighted by molar-refractivity contribution is -0.137. The molecule has 0 amide bonds. The van der Waals surface area contributed by atoms with Crippen LogP contribution >= 0.6 is 24.0 Å². The van der Waals surface area contributed by atoms with Crippen LogP contribution in [0.5, 0.6) is 0 Å². The third-order valence-corrected chi connectivity index (χ3v) is 3.99. The number of nitrogens with one attached hydrogen (secondary N) is 1. The van der Waals surface area contributed by atoms with E-state index >= 15 is 0 Å². The van der Waals surface area contributed by atoms with Gasteiger partial charge in [0.1, 0.15) is 0 Å². The van der Waals surface area contributed by atoms with E-state index in [1.165, 1.54) is 12.1 Å². The summed E-state index contributed by atoms with van der Waals surface area (Å²) in [4.78, 5) is 2.22. The Bertz CT molecular complexity index is 460. The summed E-state index contributed by atoms with van der Waals surface area (Å²) in [7, 11) is 0. The Morgan fingerprint density at radius 3 is 2.43 bits per heavy atom. The summed E-state index contributed by atoms with van der Waals surface area (Å²) in [5.41, 5.74) is -0.0589. The Morgan fingerprint density at radius 1 is 1.29 bits per heavy atom. The highest BCUT2D eigenvalue weighted by atomic mass is 35.5. The van der Waals surface area contributed by atoms with Crippen molar-refractivity contribution < 1.29 is 13.2 Å². The monoisotopic (exact) mass is 342 g/mol. The highest BCUT2D eigenvalue weighted by Gasteiger charge is 2.34. The number of benzene rings is 1. The van der Waals surface area contributed by atoms with Crippen LogP contribution in [-0.2, 0) is 6.18 Å². The molecule has 0 aromatic heterocycles. The zero-order valence-corrected chi connectivity index (χ0v) is 13.3. The van der Waals surface area contributed by atoms with Gasteiger partial charge in [-0.25, -0.2) is 0 Å². The summed E-state index contributed by atoms with van der Waals surface area (Å²) in [5, 5.41) is 3.01. The predicted octanol–water partition coefficient (Wildman–Crippen LogP) is 4.14.